The van der Waals surface area contributed by atoms with Crippen LogP contribution in [-0.2, 0) is 14.3 Å². The van der Waals surface area contributed by atoms with Crippen molar-refractivity contribution in [3.63, 3.8) is 0 Å². The summed E-state index contributed by atoms with van der Waals surface area (Å²) in [6, 6.07) is 4.53. The van der Waals surface area contributed by atoms with E-state index in [0.29, 0.717) is 12.6 Å². The first-order valence-corrected chi connectivity index (χ1v) is 8.75. The molecule has 1 aliphatic rings. The van der Waals surface area contributed by atoms with Gasteiger partial charge in [-0.25, -0.2) is 4.79 Å². The van der Waals surface area contributed by atoms with Crippen LogP contribution in [-0.4, -0.2) is 62.7 Å². The molecular weight excluding hydrogens is 334 g/mol. The third-order valence-electron chi connectivity index (χ3n) is 4.59. The predicted octanol–water partition coefficient (Wildman–Crippen LogP) is 3.01. The lowest BCUT2D eigenvalue weighted by Gasteiger charge is -2.31. The van der Waals surface area contributed by atoms with Gasteiger partial charge in [0.1, 0.15) is 19.1 Å². The molecule has 1 atom stereocenters. The SMILES string of the molecule is C=O.CN1CCCCC1COCC(=O)O.COc1cc(C)c(C)c(C)c1. The summed E-state index contributed by atoms with van der Waals surface area (Å²) < 4.78 is 10.2. The lowest BCUT2D eigenvalue weighted by atomic mass is 10.0. The van der Waals surface area contributed by atoms with Gasteiger partial charge in [0.2, 0.25) is 0 Å². The summed E-state index contributed by atoms with van der Waals surface area (Å²) in [7, 11) is 3.76. The van der Waals surface area contributed by atoms with Gasteiger partial charge >= 0.3 is 5.97 Å². The molecule has 148 valence electrons. The minimum absolute atomic E-state index is 0.176. The van der Waals surface area contributed by atoms with Crippen LogP contribution in [0.1, 0.15) is 36.0 Å². The Balaban J connectivity index is 0.000000444. The normalized spacial score (nSPS) is 16.6. The zero-order chi connectivity index (χ0) is 20.1. The number of hydrogen-bond donors (Lipinski definition) is 1. The van der Waals surface area contributed by atoms with Crippen LogP contribution in [0.5, 0.6) is 5.75 Å². The highest BCUT2D eigenvalue weighted by atomic mass is 16.5. The lowest BCUT2D eigenvalue weighted by Crippen LogP contribution is -2.39. The molecule has 1 aromatic rings. The third kappa shape index (κ3) is 8.97. The van der Waals surface area contributed by atoms with E-state index < -0.39 is 5.97 Å². The molecule has 6 nitrogen and oxygen atoms in total. The molecule has 1 N–H and O–H groups in total. The number of rotatable bonds is 5. The number of benzene rings is 1. The van der Waals surface area contributed by atoms with Gasteiger partial charge in [-0.2, -0.15) is 0 Å². The molecule has 0 spiro atoms. The topological polar surface area (TPSA) is 76.1 Å². The highest BCUT2D eigenvalue weighted by Crippen LogP contribution is 2.20. The smallest absolute Gasteiger partial charge is 0.329 e. The Kier molecular flexibility index (Phi) is 12.3. The second kappa shape index (κ2) is 13.3. The van der Waals surface area contributed by atoms with Crippen molar-refractivity contribution >= 4 is 12.8 Å². The summed E-state index contributed by atoms with van der Waals surface area (Å²) in [6.45, 7) is 9.80. The lowest BCUT2D eigenvalue weighted by molar-refractivity contribution is -0.142. The monoisotopic (exact) mass is 367 g/mol. The van der Waals surface area contributed by atoms with Crippen LogP contribution in [0.25, 0.3) is 0 Å². The molecule has 0 bridgehead atoms. The van der Waals surface area contributed by atoms with E-state index in [2.05, 4.69) is 44.9 Å². The summed E-state index contributed by atoms with van der Waals surface area (Å²) in [4.78, 5) is 20.4. The standard InChI is InChI=1S/C10H14O.C9H17NO3.CH2O/c1-7-5-10(11-4)6-8(2)9(7)3;1-10-5-3-2-4-8(10)6-13-7-9(11)12;1-2/h5-6H,1-4H3;8H,2-7H2,1H3,(H,11,12);1H2. The Morgan fingerprint density at radius 3 is 2.27 bits per heavy atom. The van der Waals surface area contributed by atoms with Crippen LogP contribution in [0.15, 0.2) is 12.1 Å². The maximum absolute atomic E-state index is 10.2. The maximum Gasteiger partial charge on any atom is 0.329 e. The van der Waals surface area contributed by atoms with Gasteiger partial charge in [-0.05, 0) is 76.0 Å². The molecule has 1 fully saturated rings. The molecular formula is C20H33NO5. The van der Waals surface area contributed by atoms with E-state index in [9.17, 15) is 4.79 Å². The molecule has 2 rings (SSSR count). The highest BCUT2D eigenvalue weighted by molar-refractivity contribution is 5.67. The van der Waals surface area contributed by atoms with Crippen molar-refractivity contribution in [2.24, 2.45) is 0 Å². The molecule has 0 saturated carbocycles. The van der Waals surface area contributed by atoms with Crippen LogP contribution in [0, 0.1) is 20.8 Å². The molecule has 1 aromatic carbocycles. The molecule has 1 unspecified atom stereocenters. The van der Waals surface area contributed by atoms with E-state index in [4.69, 9.17) is 19.4 Å². The summed E-state index contributed by atoms with van der Waals surface area (Å²) in [5.74, 6) is 0.0593. The van der Waals surface area contributed by atoms with E-state index in [-0.39, 0.29) is 6.61 Å². The third-order valence-corrected chi connectivity index (χ3v) is 4.59. The van der Waals surface area contributed by atoms with Crippen LogP contribution in [0.2, 0.25) is 0 Å². The van der Waals surface area contributed by atoms with Crippen LogP contribution >= 0.6 is 0 Å². The van der Waals surface area contributed by atoms with Crippen LogP contribution in [0.4, 0.5) is 0 Å². The van der Waals surface area contributed by atoms with Gasteiger partial charge in [0, 0.05) is 6.04 Å². The molecule has 0 amide bonds. The minimum Gasteiger partial charge on any atom is -0.497 e. The Hall–Kier alpha value is -1.92. The number of likely N-dealkylation sites (tertiary alicyclic amines) is 1. The van der Waals surface area contributed by atoms with Gasteiger partial charge in [0.15, 0.2) is 0 Å². The molecule has 0 radical (unpaired) electrons. The fourth-order valence-corrected chi connectivity index (χ4v) is 2.75. The Morgan fingerprint density at radius 2 is 1.81 bits per heavy atom. The maximum atomic E-state index is 10.2. The van der Waals surface area contributed by atoms with Crippen molar-refractivity contribution in [3.05, 3.63) is 28.8 Å². The van der Waals surface area contributed by atoms with Gasteiger partial charge < -0.3 is 24.3 Å². The summed E-state index contributed by atoms with van der Waals surface area (Å²) in [6.07, 6.45) is 3.59. The first kappa shape index (κ1) is 24.1. The highest BCUT2D eigenvalue weighted by Gasteiger charge is 2.18. The number of ether oxygens (including phenoxy) is 2. The largest absolute Gasteiger partial charge is 0.497 e. The number of piperidine rings is 1. The number of carbonyl (C=O) groups excluding carboxylic acids is 1. The van der Waals surface area contributed by atoms with Gasteiger partial charge in [0.25, 0.3) is 0 Å². The van der Waals surface area contributed by atoms with Crippen LogP contribution in [0.3, 0.4) is 0 Å². The van der Waals surface area contributed by atoms with E-state index in [0.717, 1.165) is 18.7 Å². The van der Waals surface area contributed by atoms with Crippen molar-refractivity contribution in [1.29, 1.82) is 0 Å². The molecule has 1 heterocycles. The quantitative estimate of drug-likeness (QED) is 0.862. The first-order valence-electron chi connectivity index (χ1n) is 8.75. The van der Waals surface area contributed by atoms with Gasteiger partial charge in [0.05, 0.1) is 13.7 Å². The molecule has 0 aliphatic carbocycles. The van der Waals surface area contributed by atoms with Crippen molar-refractivity contribution < 1.29 is 24.2 Å². The van der Waals surface area contributed by atoms with Crippen molar-refractivity contribution in [1.82, 2.24) is 4.90 Å². The number of aliphatic carboxylic acids is 1. The predicted molar refractivity (Wildman–Crippen MR) is 103 cm³/mol. The zero-order valence-corrected chi connectivity index (χ0v) is 16.7. The zero-order valence-electron chi connectivity index (χ0n) is 16.7. The second-order valence-corrected chi connectivity index (χ2v) is 6.43. The summed E-state index contributed by atoms with van der Waals surface area (Å²) in [5, 5.41) is 8.37. The number of carboxylic acids is 1. The molecule has 26 heavy (non-hydrogen) atoms. The van der Waals surface area contributed by atoms with E-state index in [1.165, 1.54) is 29.5 Å². The van der Waals surface area contributed by atoms with Gasteiger partial charge in [-0.15, -0.1) is 0 Å². The molecule has 1 aliphatic heterocycles. The molecule has 1 saturated heterocycles. The molecule has 6 heteroatoms. The van der Waals surface area contributed by atoms with Crippen molar-refractivity contribution in [2.45, 2.75) is 46.1 Å². The van der Waals surface area contributed by atoms with Crippen LogP contribution < -0.4 is 4.74 Å². The number of hydrogen-bond acceptors (Lipinski definition) is 5. The number of carboxylic acid groups (broad SMARTS) is 1. The van der Waals surface area contributed by atoms with Gasteiger partial charge in [-0.1, -0.05) is 6.42 Å². The molecule has 0 aromatic heterocycles. The van der Waals surface area contributed by atoms with E-state index in [1.807, 2.05) is 6.79 Å². The van der Waals surface area contributed by atoms with Crippen molar-refractivity contribution in [3.8, 4) is 5.75 Å². The summed E-state index contributed by atoms with van der Waals surface area (Å²) in [5.41, 5.74) is 3.94. The average Bonchev–Trinajstić information content (AvgIpc) is 2.63. The van der Waals surface area contributed by atoms with E-state index >= 15 is 0 Å². The Bertz CT molecular complexity index is 524. The fraction of sp³-hybridized carbons (Fsp3) is 0.600. The Morgan fingerprint density at radius 1 is 1.23 bits per heavy atom. The average molecular weight is 367 g/mol. The van der Waals surface area contributed by atoms with Gasteiger partial charge in [-0.3, -0.25) is 0 Å². The number of methoxy groups -OCH3 is 1. The number of aryl methyl sites for hydroxylation is 2. The number of nitrogens with zero attached hydrogens (tertiary/aromatic N) is 1. The summed E-state index contributed by atoms with van der Waals surface area (Å²) >= 11 is 0. The van der Waals surface area contributed by atoms with E-state index in [1.54, 1.807) is 7.11 Å². The fourth-order valence-electron chi connectivity index (χ4n) is 2.75. The second-order valence-electron chi connectivity index (χ2n) is 6.43. The number of likely N-dealkylation sites (N-methyl/N-ethyl adjacent to an activating group) is 1. The first-order chi connectivity index (χ1) is 12.3. The van der Waals surface area contributed by atoms with Crippen molar-refractivity contribution in [2.75, 3.05) is 33.9 Å². The minimum atomic E-state index is -0.890. The Labute approximate surface area is 157 Å². The number of carbonyl (C=O) groups is 2.